The number of benzene rings is 1. The Morgan fingerprint density at radius 1 is 1.50 bits per heavy atom. The molecule has 64 valence electrons. The number of hydrogen-bond acceptors (Lipinski definition) is 2. The Kier molecular flexibility index (Phi) is 1.50. The number of hydrogen-bond donors (Lipinski definition) is 2. The van der Waals surface area contributed by atoms with Gasteiger partial charge in [-0.15, -0.1) is 0 Å². The fourth-order valence-electron chi connectivity index (χ4n) is 1.83. The summed E-state index contributed by atoms with van der Waals surface area (Å²) >= 11 is 0. The van der Waals surface area contributed by atoms with Gasteiger partial charge >= 0.3 is 0 Å². The van der Waals surface area contributed by atoms with Crippen molar-refractivity contribution in [2.45, 2.75) is 25.0 Å². The molecule has 2 nitrogen and oxygen atoms in total. The van der Waals surface area contributed by atoms with Crippen LogP contribution in [0.3, 0.4) is 0 Å². The summed E-state index contributed by atoms with van der Waals surface area (Å²) in [5.41, 5.74) is 7.14. The van der Waals surface area contributed by atoms with E-state index in [1.807, 2.05) is 24.3 Å². The number of rotatable bonds is 0. The molecule has 0 heterocycles. The zero-order valence-electron chi connectivity index (χ0n) is 7.12. The van der Waals surface area contributed by atoms with E-state index in [4.69, 9.17) is 5.73 Å². The van der Waals surface area contributed by atoms with E-state index in [9.17, 15) is 5.11 Å². The molecule has 2 atom stereocenters. The van der Waals surface area contributed by atoms with E-state index in [0.717, 1.165) is 12.0 Å². The van der Waals surface area contributed by atoms with Crippen molar-refractivity contribution in [2.75, 3.05) is 0 Å². The summed E-state index contributed by atoms with van der Waals surface area (Å²) in [5.74, 6) is 0. The van der Waals surface area contributed by atoms with Crippen LogP contribution < -0.4 is 5.73 Å². The zero-order valence-corrected chi connectivity index (χ0v) is 7.12. The number of fused-ring (bicyclic) bond motifs is 1. The van der Waals surface area contributed by atoms with Gasteiger partial charge in [-0.2, -0.15) is 0 Å². The van der Waals surface area contributed by atoms with Gasteiger partial charge in [-0.05, 0) is 24.5 Å². The Morgan fingerprint density at radius 3 is 2.83 bits per heavy atom. The predicted octanol–water partition coefficient (Wildman–Crippen LogP) is 0.777. The molecule has 0 aromatic heterocycles. The first kappa shape index (κ1) is 7.77. The molecule has 0 bridgehead atoms. The molecule has 1 aromatic carbocycles. The van der Waals surface area contributed by atoms with Crippen molar-refractivity contribution in [2.24, 2.45) is 5.73 Å². The van der Waals surface area contributed by atoms with Gasteiger partial charge in [-0.25, -0.2) is 0 Å². The van der Waals surface area contributed by atoms with E-state index in [1.165, 1.54) is 5.56 Å². The minimum absolute atomic E-state index is 0.158. The highest BCUT2D eigenvalue weighted by atomic mass is 16.3. The summed E-state index contributed by atoms with van der Waals surface area (Å²) in [7, 11) is 0. The summed E-state index contributed by atoms with van der Waals surface area (Å²) in [6.45, 7) is 1.78. The first-order valence-corrected chi connectivity index (χ1v) is 4.18. The highest BCUT2D eigenvalue weighted by molar-refractivity contribution is 5.39. The van der Waals surface area contributed by atoms with Crippen LogP contribution in [0.4, 0.5) is 0 Å². The zero-order chi connectivity index (χ0) is 8.77. The van der Waals surface area contributed by atoms with Crippen LogP contribution in [0.25, 0.3) is 0 Å². The van der Waals surface area contributed by atoms with Gasteiger partial charge in [-0.1, -0.05) is 24.3 Å². The van der Waals surface area contributed by atoms with Crippen molar-refractivity contribution < 1.29 is 5.11 Å². The quantitative estimate of drug-likeness (QED) is 0.593. The Bertz CT molecular complexity index is 306. The Balaban J connectivity index is 2.55. The molecule has 12 heavy (non-hydrogen) atoms. The van der Waals surface area contributed by atoms with Crippen LogP contribution in [0, 0.1) is 0 Å². The van der Waals surface area contributed by atoms with E-state index in [1.54, 1.807) is 6.92 Å². The van der Waals surface area contributed by atoms with Gasteiger partial charge in [-0.3, -0.25) is 0 Å². The van der Waals surface area contributed by atoms with E-state index in [2.05, 4.69) is 0 Å². The lowest BCUT2D eigenvalue weighted by Gasteiger charge is -2.23. The topological polar surface area (TPSA) is 46.2 Å². The van der Waals surface area contributed by atoms with Gasteiger partial charge < -0.3 is 10.8 Å². The maximum Gasteiger partial charge on any atom is 0.102 e. The first-order valence-electron chi connectivity index (χ1n) is 4.18. The fourth-order valence-corrected chi connectivity index (χ4v) is 1.83. The molecule has 2 rings (SSSR count). The van der Waals surface area contributed by atoms with Crippen LogP contribution in [0.15, 0.2) is 24.3 Å². The Hall–Kier alpha value is -0.860. The second-order valence-corrected chi connectivity index (χ2v) is 3.62. The molecule has 1 aromatic rings. The smallest absolute Gasteiger partial charge is 0.102 e. The summed E-state index contributed by atoms with van der Waals surface area (Å²) in [6.07, 6.45) is 0.781. The molecule has 0 saturated heterocycles. The molecule has 2 heteroatoms. The summed E-state index contributed by atoms with van der Waals surface area (Å²) in [4.78, 5) is 0. The second-order valence-electron chi connectivity index (χ2n) is 3.62. The van der Waals surface area contributed by atoms with Gasteiger partial charge in [0.15, 0.2) is 0 Å². The van der Waals surface area contributed by atoms with Gasteiger partial charge in [0.25, 0.3) is 0 Å². The summed E-state index contributed by atoms with van der Waals surface area (Å²) in [6, 6.07) is 7.73. The third-order valence-electron chi connectivity index (χ3n) is 2.72. The molecule has 0 radical (unpaired) electrons. The fraction of sp³-hybridized carbons (Fsp3) is 0.400. The average molecular weight is 163 g/mol. The van der Waals surface area contributed by atoms with Gasteiger partial charge in [0.1, 0.15) is 5.60 Å². The maximum atomic E-state index is 9.99. The highest BCUT2D eigenvalue weighted by Crippen LogP contribution is 2.34. The lowest BCUT2D eigenvalue weighted by Crippen LogP contribution is -2.39. The summed E-state index contributed by atoms with van der Waals surface area (Å²) in [5, 5.41) is 9.99. The minimum atomic E-state index is -0.837. The Labute approximate surface area is 72.0 Å². The molecule has 0 aliphatic heterocycles. The van der Waals surface area contributed by atoms with E-state index < -0.39 is 5.60 Å². The second kappa shape index (κ2) is 2.31. The minimum Gasteiger partial charge on any atom is -0.384 e. The molecule has 1 aliphatic carbocycles. The van der Waals surface area contributed by atoms with Crippen LogP contribution in [-0.2, 0) is 12.0 Å². The van der Waals surface area contributed by atoms with Crippen LogP contribution in [0.2, 0.25) is 0 Å². The van der Waals surface area contributed by atoms with Crippen molar-refractivity contribution in [3.8, 4) is 0 Å². The molecule has 3 N–H and O–H groups in total. The van der Waals surface area contributed by atoms with Crippen molar-refractivity contribution in [1.29, 1.82) is 0 Å². The standard InChI is InChI=1S/C10H13NO/c1-10(12)8-5-3-2-4-7(8)6-9(10)11/h2-5,9,12H,6,11H2,1H3. The van der Waals surface area contributed by atoms with Crippen LogP contribution >= 0.6 is 0 Å². The van der Waals surface area contributed by atoms with Crippen LogP contribution in [-0.4, -0.2) is 11.1 Å². The van der Waals surface area contributed by atoms with E-state index >= 15 is 0 Å². The average Bonchev–Trinajstić information content (AvgIpc) is 2.25. The van der Waals surface area contributed by atoms with Crippen LogP contribution in [0.1, 0.15) is 18.1 Å². The maximum absolute atomic E-state index is 9.99. The van der Waals surface area contributed by atoms with Crippen molar-refractivity contribution in [3.05, 3.63) is 35.4 Å². The van der Waals surface area contributed by atoms with Crippen molar-refractivity contribution in [3.63, 3.8) is 0 Å². The number of nitrogens with two attached hydrogens (primary N) is 1. The van der Waals surface area contributed by atoms with Crippen LogP contribution in [0.5, 0.6) is 0 Å². The van der Waals surface area contributed by atoms with Crippen molar-refractivity contribution in [1.82, 2.24) is 0 Å². The lowest BCUT2D eigenvalue weighted by molar-refractivity contribution is 0.0412. The third-order valence-corrected chi connectivity index (χ3v) is 2.72. The molecular formula is C10H13NO. The van der Waals surface area contributed by atoms with E-state index in [-0.39, 0.29) is 6.04 Å². The molecule has 0 amide bonds. The molecule has 2 unspecified atom stereocenters. The van der Waals surface area contributed by atoms with Gasteiger partial charge in [0.05, 0.1) is 0 Å². The molecule has 0 saturated carbocycles. The Morgan fingerprint density at radius 2 is 2.17 bits per heavy atom. The predicted molar refractivity (Wildman–Crippen MR) is 47.7 cm³/mol. The van der Waals surface area contributed by atoms with Crippen molar-refractivity contribution >= 4 is 0 Å². The normalized spacial score (nSPS) is 33.4. The SMILES string of the molecule is CC1(O)c2ccccc2CC1N. The molecule has 0 spiro atoms. The molecule has 1 aliphatic rings. The molecule has 0 fully saturated rings. The largest absolute Gasteiger partial charge is 0.384 e. The lowest BCUT2D eigenvalue weighted by atomic mass is 9.96. The van der Waals surface area contributed by atoms with Gasteiger partial charge in [0, 0.05) is 6.04 Å². The monoisotopic (exact) mass is 163 g/mol. The molecular weight excluding hydrogens is 150 g/mol. The first-order chi connectivity index (χ1) is 5.62. The van der Waals surface area contributed by atoms with Gasteiger partial charge in [0.2, 0.25) is 0 Å². The highest BCUT2D eigenvalue weighted by Gasteiger charge is 2.38. The third kappa shape index (κ3) is 0.886. The summed E-state index contributed by atoms with van der Waals surface area (Å²) < 4.78 is 0. The number of aliphatic hydroxyl groups is 1. The van der Waals surface area contributed by atoms with E-state index in [0.29, 0.717) is 0 Å².